The fourth-order valence-electron chi connectivity index (χ4n) is 2.68. The molecule has 1 aliphatic carbocycles. The van der Waals surface area contributed by atoms with Crippen LogP contribution in [0.5, 0.6) is 0 Å². The second-order valence-electron chi connectivity index (χ2n) is 5.14. The van der Waals surface area contributed by atoms with E-state index in [2.05, 4.69) is 20.8 Å². The van der Waals surface area contributed by atoms with Crippen molar-refractivity contribution in [1.29, 1.82) is 0 Å². The summed E-state index contributed by atoms with van der Waals surface area (Å²) in [7, 11) is 1.40. The van der Waals surface area contributed by atoms with Crippen molar-refractivity contribution in [2.24, 2.45) is 11.3 Å². The van der Waals surface area contributed by atoms with Crippen molar-refractivity contribution >= 4 is 10.2 Å². The molecule has 12 heavy (non-hydrogen) atoms. The van der Waals surface area contributed by atoms with Gasteiger partial charge in [0.05, 0.1) is 0 Å². The maximum absolute atomic E-state index is 2.50. The number of hydrogen-bond acceptors (Lipinski definition) is 0. The Bertz CT molecular complexity index is 138. The monoisotopic (exact) mass is 184 g/mol. The Kier molecular flexibility index (Phi) is 3.39. The Morgan fingerprint density at radius 1 is 1.33 bits per heavy atom. The fraction of sp³-hybridized carbons (Fsp3) is 1.00. The lowest BCUT2D eigenvalue weighted by Crippen LogP contribution is -2.33. The summed E-state index contributed by atoms with van der Waals surface area (Å²) in [5, 5.41) is 0. The smallest absolute Gasteiger partial charge is 0.00742 e. The average Bonchev–Trinajstić information content (AvgIpc) is 2.00. The lowest BCUT2D eigenvalue weighted by molar-refractivity contribution is 0.130. The fourth-order valence-corrected chi connectivity index (χ4v) is 3.56. The van der Waals surface area contributed by atoms with Crippen LogP contribution in [0.2, 0.25) is 5.54 Å². The van der Waals surface area contributed by atoms with E-state index in [1.807, 2.05) is 0 Å². The van der Waals surface area contributed by atoms with Gasteiger partial charge in [-0.3, -0.25) is 0 Å². The van der Waals surface area contributed by atoms with Gasteiger partial charge >= 0.3 is 0 Å². The first-order valence-electron chi connectivity index (χ1n) is 5.59. The van der Waals surface area contributed by atoms with Crippen molar-refractivity contribution in [3.8, 4) is 0 Å². The molecule has 1 aliphatic rings. The van der Waals surface area contributed by atoms with Gasteiger partial charge in [0.2, 0.25) is 0 Å². The standard InChI is InChI=1S/C11H24Si/c1-4-6-9-7-5-8-10(12)11(9,2)3/h9-10H,4-8H2,1-3,12H3. The van der Waals surface area contributed by atoms with Crippen LogP contribution in [0.4, 0.5) is 0 Å². The second kappa shape index (κ2) is 3.95. The lowest BCUT2D eigenvalue weighted by atomic mass is 9.67. The van der Waals surface area contributed by atoms with E-state index in [0.717, 1.165) is 11.5 Å². The third kappa shape index (κ3) is 1.93. The van der Waals surface area contributed by atoms with Gasteiger partial charge in [0.1, 0.15) is 0 Å². The third-order valence-electron chi connectivity index (χ3n) is 4.15. The van der Waals surface area contributed by atoms with Gasteiger partial charge < -0.3 is 0 Å². The molecule has 0 amide bonds. The lowest BCUT2D eigenvalue weighted by Gasteiger charge is -2.44. The Morgan fingerprint density at radius 2 is 2.00 bits per heavy atom. The topological polar surface area (TPSA) is 0 Å². The van der Waals surface area contributed by atoms with Gasteiger partial charge in [-0.25, -0.2) is 0 Å². The highest BCUT2D eigenvalue weighted by Gasteiger charge is 2.36. The predicted octanol–water partition coefficient (Wildman–Crippen LogP) is 2.77. The molecule has 0 radical (unpaired) electrons. The molecule has 0 spiro atoms. The van der Waals surface area contributed by atoms with Crippen LogP contribution in [0, 0.1) is 11.3 Å². The van der Waals surface area contributed by atoms with Gasteiger partial charge in [-0.05, 0) is 23.3 Å². The van der Waals surface area contributed by atoms with E-state index < -0.39 is 0 Å². The molecule has 0 aromatic carbocycles. The van der Waals surface area contributed by atoms with Crippen molar-refractivity contribution < 1.29 is 0 Å². The average molecular weight is 184 g/mol. The first-order valence-corrected chi connectivity index (χ1v) is 6.74. The van der Waals surface area contributed by atoms with Crippen LogP contribution in [0.15, 0.2) is 0 Å². The van der Waals surface area contributed by atoms with Gasteiger partial charge in [0.25, 0.3) is 0 Å². The van der Waals surface area contributed by atoms with Crippen molar-refractivity contribution in [3.05, 3.63) is 0 Å². The van der Waals surface area contributed by atoms with E-state index in [9.17, 15) is 0 Å². The Balaban J connectivity index is 2.59. The molecule has 0 aliphatic heterocycles. The normalized spacial score (nSPS) is 35.2. The van der Waals surface area contributed by atoms with E-state index in [-0.39, 0.29) is 0 Å². The first-order chi connectivity index (χ1) is 5.59. The minimum absolute atomic E-state index is 0.667. The van der Waals surface area contributed by atoms with Crippen LogP contribution in [0.3, 0.4) is 0 Å². The van der Waals surface area contributed by atoms with E-state index >= 15 is 0 Å². The summed E-state index contributed by atoms with van der Waals surface area (Å²) in [5.74, 6) is 1.03. The Morgan fingerprint density at radius 3 is 2.58 bits per heavy atom. The van der Waals surface area contributed by atoms with Crippen molar-refractivity contribution in [1.82, 2.24) is 0 Å². The van der Waals surface area contributed by atoms with Crippen LogP contribution >= 0.6 is 0 Å². The van der Waals surface area contributed by atoms with Crippen molar-refractivity contribution in [3.63, 3.8) is 0 Å². The second-order valence-corrected chi connectivity index (χ2v) is 6.53. The first kappa shape index (κ1) is 10.3. The highest BCUT2D eigenvalue weighted by atomic mass is 28.1. The zero-order valence-electron chi connectivity index (χ0n) is 9.19. The van der Waals surface area contributed by atoms with Gasteiger partial charge in [0, 0.05) is 10.2 Å². The minimum Gasteiger partial charge on any atom is -0.0654 e. The molecule has 0 N–H and O–H groups in total. The molecule has 2 atom stereocenters. The largest absolute Gasteiger partial charge is 0.0654 e. The molecule has 1 fully saturated rings. The van der Waals surface area contributed by atoms with Crippen molar-refractivity contribution in [2.45, 2.75) is 58.4 Å². The maximum atomic E-state index is 2.50. The van der Waals surface area contributed by atoms with E-state index in [0.29, 0.717) is 5.41 Å². The SMILES string of the molecule is CCCC1CCCC([SiH3])C1(C)C. The molecule has 1 rings (SSSR count). The van der Waals surface area contributed by atoms with Gasteiger partial charge in [-0.1, -0.05) is 46.5 Å². The van der Waals surface area contributed by atoms with Gasteiger partial charge in [-0.2, -0.15) is 0 Å². The molecule has 0 saturated heterocycles. The minimum atomic E-state index is 0.667. The Labute approximate surface area is 80.6 Å². The summed E-state index contributed by atoms with van der Waals surface area (Å²) in [4.78, 5) is 0. The summed E-state index contributed by atoms with van der Waals surface area (Å²) in [5.41, 5.74) is 1.74. The Hall–Kier alpha value is 0.217. The van der Waals surface area contributed by atoms with Crippen LogP contribution in [-0.2, 0) is 0 Å². The molecule has 1 saturated carbocycles. The van der Waals surface area contributed by atoms with Gasteiger partial charge in [0.15, 0.2) is 0 Å². The maximum Gasteiger partial charge on any atom is 0.00742 e. The van der Waals surface area contributed by atoms with Crippen LogP contribution in [0.25, 0.3) is 0 Å². The molecule has 72 valence electrons. The molecule has 2 unspecified atom stereocenters. The third-order valence-corrected chi connectivity index (χ3v) is 6.21. The summed E-state index contributed by atoms with van der Waals surface area (Å²) in [6.07, 6.45) is 7.36. The summed E-state index contributed by atoms with van der Waals surface area (Å²) >= 11 is 0. The van der Waals surface area contributed by atoms with E-state index in [1.54, 1.807) is 0 Å². The molecular formula is C11H24Si. The van der Waals surface area contributed by atoms with Crippen LogP contribution < -0.4 is 0 Å². The summed E-state index contributed by atoms with van der Waals surface area (Å²) in [6, 6.07) is 0. The quantitative estimate of drug-likeness (QED) is 0.579. The molecule has 0 aromatic heterocycles. The van der Waals surface area contributed by atoms with E-state index in [1.165, 1.54) is 42.3 Å². The molecule has 1 heteroatoms. The molecule has 0 heterocycles. The number of rotatable bonds is 2. The zero-order valence-corrected chi connectivity index (χ0v) is 11.2. The predicted molar refractivity (Wildman–Crippen MR) is 59.7 cm³/mol. The van der Waals surface area contributed by atoms with Crippen LogP contribution in [-0.4, -0.2) is 10.2 Å². The van der Waals surface area contributed by atoms with Crippen LogP contribution in [0.1, 0.15) is 52.9 Å². The van der Waals surface area contributed by atoms with E-state index in [4.69, 9.17) is 0 Å². The molecule has 0 aromatic rings. The highest BCUT2D eigenvalue weighted by Crippen LogP contribution is 2.48. The van der Waals surface area contributed by atoms with Gasteiger partial charge in [-0.15, -0.1) is 0 Å². The molecular weight excluding hydrogens is 160 g/mol. The molecule has 0 nitrogen and oxygen atoms in total. The molecule has 0 bridgehead atoms. The summed E-state index contributed by atoms with van der Waals surface area (Å²) < 4.78 is 0. The summed E-state index contributed by atoms with van der Waals surface area (Å²) in [6.45, 7) is 7.33. The number of hydrogen-bond donors (Lipinski definition) is 0. The van der Waals surface area contributed by atoms with Crippen molar-refractivity contribution in [2.75, 3.05) is 0 Å². The highest BCUT2D eigenvalue weighted by molar-refractivity contribution is 6.12. The zero-order chi connectivity index (χ0) is 9.19.